The zero-order chi connectivity index (χ0) is 26.6. The van der Waals surface area contributed by atoms with Crippen LogP contribution >= 0.6 is 8.53 Å². The Hall–Kier alpha value is -2.16. The van der Waals surface area contributed by atoms with Crippen LogP contribution in [0.4, 0.5) is 4.79 Å². The quantitative estimate of drug-likeness (QED) is 0.228. The minimum absolute atomic E-state index is 0.0310. The van der Waals surface area contributed by atoms with E-state index in [1.54, 1.807) is 0 Å². The summed E-state index contributed by atoms with van der Waals surface area (Å²) in [5.74, 6) is -1.22. The maximum atomic E-state index is 12.7. The Kier molecular flexibility index (Phi) is 9.78. The van der Waals surface area contributed by atoms with Crippen molar-refractivity contribution >= 4 is 32.2 Å². The first-order valence-electron chi connectivity index (χ1n) is 12.2. The molecule has 3 aliphatic rings. The fourth-order valence-corrected chi connectivity index (χ4v) is 6.53. The van der Waals surface area contributed by atoms with Crippen LogP contribution in [-0.4, -0.2) is 82.5 Å². The van der Waals surface area contributed by atoms with E-state index in [1.165, 1.54) is 11.8 Å². The SMILES string of the molecule is CC(=O)CCC(=O)O[C@@H]1[C@H]2O[C@H](C[C@@H]2OP(OCCC#N)N(C(C)C)C(C)C)N2C(=O)NC(=O)C[C@@H]12. The van der Waals surface area contributed by atoms with Crippen LogP contribution in [0.5, 0.6) is 0 Å². The van der Waals surface area contributed by atoms with E-state index in [9.17, 15) is 19.2 Å². The molecule has 0 aliphatic carbocycles. The van der Waals surface area contributed by atoms with E-state index in [0.29, 0.717) is 6.42 Å². The highest BCUT2D eigenvalue weighted by Crippen LogP contribution is 2.51. The Bertz CT molecular complexity index is 886. The average molecular weight is 527 g/mol. The summed E-state index contributed by atoms with van der Waals surface area (Å²) in [4.78, 5) is 50.2. The van der Waals surface area contributed by atoms with Gasteiger partial charge in [0.2, 0.25) is 5.91 Å². The predicted octanol–water partition coefficient (Wildman–Crippen LogP) is 2.37. The Morgan fingerprint density at radius 2 is 1.94 bits per heavy atom. The first-order chi connectivity index (χ1) is 17.0. The molecule has 36 heavy (non-hydrogen) atoms. The summed E-state index contributed by atoms with van der Waals surface area (Å²) < 4.78 is 26.4. The first kappa shape index (κ1) is 28.4. The van der Waals surface area contributed by atoms with E-state index in [1.807, 2.05) is 27.7 Å². The number of nitrogens with zero attached hydrogens (tertiary/aromatic N) is 3. The van der Waals surface area contributed by atoms with Crippen LogP contribution in [-0.2, 0) is 32.9 Å². The number of urea groups is 1. The number of hydrogen-bond acceptors (Lipinski definition) is 10. The molecule has 0 aromatic rings. The number of nitrogens with one attached hydrogen (secondary N) is 1. The Morgan fingerprint density at radius 3 is 2.56 bits per heavy atom. The topological polar surface area (TPSA) is 148 Å². The van der Waals surface area contributed by atoms with Gasteiger partial charge in [-0.2, -0.15) is 5.26 Å². The molecule has 1 N–H and O–H groups in total. The van der Waals surface area contributed by atoms with Crippen molar-refractivity contribution in [3.05, 3.63) is 0 Å². The summed E-state index contributed by atoms with van der Waals surface area (Å²) in [6.45, 7) is 9.65. The molecule has 2 bridgehead atoms. The van der Waals surface area contributed by atoms with Crippen LogP contribution in [0.25, 0.3) is 0 Å². The van der Waals surface area contributed by atoms with Gasteiger partial charge >= 0.3 is 12.0 Å². The molecule has 3 amide bonds. The van der Waals surface area contributed by atoms with Crippen molar-refractivity contribution in [2.45, 2.75) is 109 Å². The second kappa shape index (κ2) is 12.4. The van der Waals surface area contributed by atoms with E-state index in [-0.39, 0.29) is 50.2 Å². The molecular weight excluding hydrogens is 491 g/mol. The van der Waals surface area contributed by atoms with Gasteiger partial charge in [-0.3, -0.25) is 19.8 Å². The number of carbonyl (C=O) groups excluding carboxylic acids is 4. The van der Waals surface area contributed by atoms with Crippen LogP contribution in [0, 0.1) is 11.3 Å². The van der Waals surface area contributed by atoms with Gasteiger partial charge in [-0.1, -0.05) is 0 Å². The number of carbonyl (C=O) groups is 4. The number of Topliss-reactive ketones (excluding diaryl/α,β-unsaturated/α-hetero) is 1. The number of fused-ring (bicyclic) bond motifs is 4. The maximum absolute atomic E-state index is 12.7. The lowest BCUT2D eigenvalue weighted by Crippen LogP contribution is -2.67. The highest BCUT2D eigenvalue weighted by Gasteiger charge is 2.59. The molecule has 3 fully saturated rings. The summed E-state index contributed by atoms with van der Waals surface area (Å²) in [7, 11) is -1.61. The highest BCUT2D eigenvalue weighted by molar-refractivity contribution is 7.44. The van der Waals surface area contributed by atoms with Crippen LogP contribution < -0.4 is 5.32 Å². The van der Waals surface area contributed by atoms with E-state index in [2.05, 4.69) is 16.1 Å². The van der Waals surface area contributed by atoms with E-state index < -0.39 is 57.0 Å². The molecule has 13 heteroatoms. The Balaban J connectivity index is 1.86. The molecule has 0 aromatic heterocycles. The molecule has 0 radical (unpaired) electrons. The number of imide groups is 1. The summed E-state index contributed by atoms with van der Waals surface area (Å²) in [5.41, 5.74) is 0. The number of ketones is 1. The Morgan fingerprint density at radius 1 is 1.25 bits per heavy atom. The maximum Gasteiger partial charge on any atom is 0.326 e. The van der Waals surface area contributed by atoms with Crippen molar-refractivity contribution in [1.82, 2.24) is 14.9 Å². The number of rotatable bonds is 12. The second-order valence-electron chi connectivity index (χ2n) is 9.67. The minimum atomic E-state index is -1.61. The van der Waals surface area contributed by atoms with Crippen LogP contribution in [0.3, 0.4) is 0 Å². The van der Waals surface area contributed by atoms with Crippen LogP contribution in [0.1, 0.15) is 66.7 Å². The summed E-state index contributed by atoms with van der Waals surface area (Å²) in [5, 5.41) is 11.3. The average Bonchev–Trinajstić information content (AvgIpc) is 3.12. The van der Waals surface area contributed by atoms with Gasteiger partial charge in [-0.05, 0) is 34.6 Å². The monoisotopic (exact) mass is 526 g/mol. The summed E-state index contributed by atoms with van der Waals surface area (Å²) in [6, 6.07) is 0.907. The number of esters is 1. The molecule has 3 heterocycles. The third-order valence-corrected chi connectivity index (χ3v) is 8.35. The molecule has 0 saturated carbocycles. The predicted molar refractivity (Wildman–Crippen MR) is 127 cm³/mol. The highest BCUT2D eigenvalue weighted by atomic mass is 31.2. The van der Waals surface area contributed by atoms with Gasteiger partial charge in [0.15, 0.2) is 6.10 Å². The van der Waals surface area contributed by atoms with E-state index in [4.69, 9.17) is 23.8 Å². The zero-order valence-corrected chi connectivity index (χ0v) is 22.2. The smallest absolute Gasteiger partial charge is 0.326 e. The third-order valence-electron chi connectivity index (χ3n) is 6.20. The van der Waals surface area contributed by atoms with Gasteiger partial charge in [0.1, 0.15) is 18.1 Å². The minimum Gasteiger partial charge on any atom is -0.457 e. The van der Waals surface area contributed by atoms with Crippen molar-refractivity contribution in [3.8, 4) is 6.07 Å². The van der Waals surface area contributed by atoms with Crippen molar-refractivity contribution in [2.75, 3.05) is 6.61 Å². The lowest BCUT2D eigenvalue weighted by molar-refractivity contribution is -0.199. The molecule has 3 saturated heterocycles. The third kappa shape index (κ3) is 6.58. The molecule has 6 atom stereocenters. The van der Waals surface area contributed by atoms with Gasteiger partial charge < -0.3 is 23.3 Å². The zero-order valence-electron chi connectivity index (χ0n) is 21.3. The van der Waals surface area contributed by atoms with Gasteiger partial charge in [-0.25, -0.2) is 9.46 Å². The molecule has 12 nitrogen and oxygen atoms in total. The summed E-state index contributed by atoms with van der Waals surface area (Å²) >= 11 is 0. The van der Waals surface area contributed by atoms with Crippen molar-refractivity contribution in [3.63, 3.8) is 0 Å². The molecule has 200 valence electrons. The number of hydrogen-bond donors (Lipinski definition) is 1. The molecule has 1 unspecified atom stereocenters. The fraction of sp³-hybridized carbons (Fsp3) is 0.783. The standard InChI is InChI=1S/C23H35N4O8P/c1-13(2)27(14(3)4)36(32-10-6-9-24)35-17-12-19-26-16(11-18(29)25-23(26)31)21(22(17)33-19)34-20(30)8-7-15(5)28/h13-14,16-17,19,21-22H,6-8,10-12H2,1-5H3,(H,25,29,31)/t16-,17-,19+,21-,22-,36?/m0/s1. The van der Waals surface area contributed by atoms with Crippen LogP contribution in [0.2, 0.25) is 0 Å². The molecule has 3 rings (SSSR count). The fourth-order valence-electron chi connectivity index (χ4n) is 4.78. The molecule has 3 aliphatic heterocycles. The normalized spacial score (nSPS) is 28.2. The molecule has 0 aromatic carbocycles. The van der Waals surface area contributed by atoms with Crippen LogP contribution in [0.15, 0.2) is 0 Å². The summed E-state index contributed by atoms with van der Waals surface area (Å²) in [6.07, 6.45) is -2.57. The Labute approximate surface area is 212 Å². The van der Waals surface area contributed by atoms with Crippen molar-refractivity contribution < 1.29 is 37.7 Å². The van der Waals surface area contributed by atoms with Gasteiger partial charge in [0.05, 0.1) is 44.1 Å². The number of nitriles is 1. The van der Waals surface area contributed by atoms with Crippen molar-refractivity contribution in [1.29, 1.82) is 5.26 Å². The second-order valence-corrected chi connectivity index (χ2v) is 11.1. The van der Waals surface area contributed by atoms with Gasteiger partial charge in [0.25, 0.3) is 8.53 Å². The molecule has 0 spiro atoms. The van der Waals surface area contributed by atoms with Gasteiger partial charge in [0, 0.05) is 24.9 Å². The lowest BCUT2D eigenvalue weighted by Gasteiger charge is -2.46. The first-order valence-corrected chi connectivity index (χ1v) is 13.4. The largest absolute Gasteiger partial charge is 0.457 e. The van der Waals surface area contributed by atoms with Crippen molar-refractivity contribution in [2.24, 2.45) is 0 Å². The van der Waals surface area contributed by atoms with Gasteiger partial charge in [-0.15, -0.1) is 0 Å². The number of amides is 3. The van der Waals surface area contributed by atoms with E-state index >= 15 is 0 Å². The number of ether oxygens (including phenoxy) is 2. The van der Waals surface area contributed by atoms with E-state index in [0.717, 1.165) is 0 Å². The lowest BCUT2D eigenvalue weighted by atomic mass is 9.97. The molecular formula is C23H35N4O8P.